The summed E-state index contributed by atoms with van der Waals surface area (Å²) in [6, 6.07) is 10.0. The smallest absolute Gasteiger partial charge is 0.326 e. The summed E-state index contributed by atoms with van der Waals surface area (Å²) in [6.07, 6.45) is 0.0427. The average Bonchev–Trinajstić information content (AvgIpc) is 2.60. The first-order valence-corrected chi connectivity index (χ1v) is 8.91. The second-order valence-corrected chi connectivity index (χ2v) is 6.76. The van der Waals surface area contributed by atoms with E-state index >= 15 is 0 Å². The van der Waals surface area contributed by atoms with Crippen LogP contribution in [0.1, 0.15) is 18.1 Å². The van der Waals surface area contributed by atoms with Gasteiger partial charge in [-0.05, 0) is 35.4 Å². The van der Waals surface area contributed by atoms with E-state index < -0.39 is 35.7 Å². The van der Waals surface area contributed by atoms with Crippen molar-refractivity contribution < 1.29 is 23.9 Å². The van der Waals surface area contributed by atoms with Crippen molar-refractivity contribution in [2.45, 2.75) is 31.8 Å². The van der Waals surface area contributed by atoms with Crippen molar-refractivity contribution in [3.63, 3.8) is 0 Å². The molecular weight excluding hydrogens is 387 g/mol. The molecule has 0 saturated carbocycles. The van der Waals surface area contributed by atoms with Crippen LogP contribution in [0.4, 0.5) is 4.39 Å². The largest absolute Gasteiger partial charge is 0.480 e. The lowest BCUT2D eigenvalue weighted by atomic mass is 10.0. The zero-order valence-corrected chi connectivity index (χ0v) is 15.9. The Morgan fingerprint density at radius 3 is 2.18 bits per heavy atom. The van der Waals surface area contributed by atoms with Crippen molar-refractivity contribution in [3.8, 4) is 0 Å². The maximum Gasteiger partial charge on any atom is 0.326 e. The standard InChI is InChI=1S/C20H20ClFN2O4/c1-12(25)23-17(10-14-5-3-7-16(22)9-14)19(26)24-18(20(27)28)11-13-4-2-6-15(21)8-13/h2-9,17-18H,10-11H2,1H3,(H,23,25)(H,24,26)(H,27,28)/t17-,18-/m1/s1. The second kappa shape index (κ2) is 9.85. The molecule has 2 aromatic rings. The first kappa shape index (κ1) is 21.4. The van der Waals surface area contributed by atoms with Gasteiger partial charge in [-0.3, -0.25) is 9.59 Å². The first-order valence-electron chi connectivity index (χ1n) is 8.53. The summed E-state index contributed by atoms with van der Waals surface area (Å²) in [5, 5.41) is 14.8. The predicted molar refractivity (Wildman–Crippen MR) is 102 cm³/mol. The number of aliphatic carboxylic acids is 1. The van der Waals surface area contributed by atoms with E-state index in [0.717, 1.165) is 0 Å². The second-order valence-electron chi connectivity index (χ2n) is 6.32. The monoisotopic (exact) mass is 406 g/mol. The number of nitrogens with one attached hydrogen (secondary N) is 2. The Kier molecular flexibility index (Phi) is 7.52. The van der Waals surface area contributed by atoms with Crippen LogP contribution in [0.25, 0.3) is 0 Å². The van der Waals surface area contributed by atoms with Crippen LogP contribution in [0, 0.1) is 5.82 Å². The molecule has 2 amide bonds. The lowest BCUT2D eigenvalue weighted by molar-refractivity contribution is -0.142. The average molecular weight is 407 g/mol. The number of rotatable bonds is 8. The van der Waals surface area contributed by atoms with E-state index in [-0.39, 0.29) is 12.8 Å². The number of carboxylic acids is 1. The Balaban J connectivity index is 2.14. The van der Waals surface area contributed by atoms with E-state index in [1.807, 2.05) is 0 Å². The van der Waals surface area contributed by atoms with Gasteiger partial charge in [0.25, 0.3) is 0 Å². The lowest BCUT2D eigenvalue weighted by Gasteiger charge is -2.21. The molecule has 2 rings (SSSR count). The molecule has 0 radical (unpaired) electrons. The van der Waals surface area contributed by atoms with Gasteiger partial charge >= 0.3 is 5.97 Å². The topological polar surface area (TPSA) is 95.5 Å². The normalized spacial score (nSPS) is 12.7. The molecule has 0 heterocycles. The quantitative estimate of drug-likeness (QED) is 0.627. The van der Waals surface area contributed by atoms with E-state index in [2.05, 4.69) is 10.6 Å². The van der Waals surface area contributed by atoms with Crippen molar-refractivity contribution in [2.24, 2.45) is 0 Å². The molecule has 6 nitrogen and oxygen atoms in total. The molecule has 0 fully saturated rings. The summed E-state index contributed by atoms with van der Waals surface area (Å²) in [4.78, 5) is 35.7. The summed E-state index contributed by atoms with van der Waals surface area (Å²) >= 11 is 5.91. The van der Waals surface area contributed by atoms with E-state index in [4.69, 9.17) is 11.6 Å². The molecule has 0 aromatic heterocycles. The zero-order chi connectivity index (χ0) is 20.7. The van der Waals surface area contributed by atoms with Gasteiger partial charge in [-0.15, -0.1) is 0 Å². The fourth-order valence-corrected chi connectivity index (χ4v) is 2.94. The van der Waals surface area contributed by atoms with Crippen LogP contribution >= 0.6 is 11.6 Å². The Labute approximate surface area is 166 Å². The van der Waals surface area contributed by atoms with Crippen LogP contribution in [0.5, 0.6) is 0 Å². The van der Waals surface area contributed by atoms with Gasteiger partial charge in [-0.2, -0.15) is 0 Å². The fourth-order valence-electron chi connectivity index (χ4n) is 2.73. The molecule has 0 bridgehead atoms. The zero-order valence-electron chi connectivity index (χ0n) is 15.1. The fraction of sp³-hybridized carbons (Fsp3) is 0.250. The number of amides is 2. The predicted octanol–water partition coefficient (Wildman–Crippen LogP) is 2.34. The third-order valence-electron chi connectivity index (χ3n) is 3.97. The highest BCUT2D eigenvalue weighted by atomic mass is 35.5. The minimum atomic E-state index is -1.22. The van der Waals surface area contributed by atoms with Gasteiger partial charge in [0.1, 0.15) is 17.9 Å². The summed E-state index contributed by atoms with van der Waals surface area (Å²) in [6.45, 7) is 1.24. The highest BCUT2D eigenvalue weighted by Gasteiger charge is 2.26. The van der Waals surface area contributed by atoms with Crippen molar-refractivity contribution in [2.75, 3.05) is 0 Å². The number of benzene rings is 2. The summed E-state index contributed by atoms with van der Waals surface area (Å²) in [5.74, 6) is -2.82. The van der Waals surface area contributed by atoms with E-state index in [1.165, 1.54) is 25.1 Å². The molecule has 0 aliphatic rings. The number of carbonyl (C=O) groups excluding carboxylic acids is 2. The number of hydrogen-bond donors (Lipinski definition) is 3. The van der Waals surface area contributed by atoms with Gasteiger partial charge < -0.3 is 15.7 Å². The molecule has 0 aliphatic carbocycles. The molecule has 2 aromatic carbocycles. The van der Waals surface area contributed by atoms with Gasteiger partial charge in [0, 0.05) is 24.8 Å². The van der Waals surface area contributed by atoms with Gasteiger partial charge in [0.05, 0.1) is 0 Å². The van der Waals surface area contributed by atoms with Crippen LogP contribution in [0.3, 0.4) is 0 Å². The summed E-state index contributed by atoms with van der Waals surface area (Å²) < 4.78 is 13.4. The van der Waals surface area contributed by atoms with Crippen molar-refractivity contribution >= 4 is 29.4 Å². The van der Waals surface area contributed by atoms with Crippen molar-refractivity contribution in [3.05, 3.63) is 70.5 Å². The van der Waals surface area contributed by atoms with E-state index in [1.54, 1.807) is 30.3 Å². The number of halogens is 2. The highest BCUT2D eigenvalue weighted by molar-refractivity contribution is 6.30. The van der Waals surface area contributed by atoms with Crippen molar-refractivity contribution in [1.29, 1.82) is 0 Å². The molecule has 3 N–H and O–H groups in total. The molecular formula is C20H20ClFN2O4. The SMILES string of the molecule is CC(=O)N[C@H](Cc1cccc(F)c1)C(=O)N[C@H](Cc1cccc(Cl)c1)C(=O)O. The molecule has 0 unspecified atom stereocenters. The summed E-state index contributed by atoms with van der Waals surface area (Å²) in [7, 11) is 0. The number of hydrogen-bond acceptors (Lipinski definition) is 3. The Bertz CT molecular complexity index is 875. The highest BCUT2D eigenvalue weighted by Crippen LogP contribution is 2.13. The lowest BCUT2D eigenvalue weighted by Crippen LogP contribution is -2.52. The third kappa shape index (κ3) is 6.66. The Morgan fingerprint density at radius 1 is 1.00 bits per heavy atom. The molecule has 8 heteroatoms. The molecule has 0 saturated heterocycles. The molecule has 0 spiro atoms. The summed E-state index contributed by atoms with van der Waals surface area (Å²) in [5.41, 5.74) is 1.14. The molecule has 148 valence electrons. The number of carbonyl (C=O) groups is 3. The molecule has 0 aliphatic heterocycles. The minimum absolute atomic E-state index is 0.0205. The first-order chi connectivity index (χ1) is 13.2. The maximum atomic E-state index is 13.4. The van der Waals surface area contributed by atoms with Crippen molar-refractivity contribution in [1.82, 2.24) is 10.6 Å². The van der Waals surface area contributed by atoms with Crippen LogP contribution in [-0.4, -0.2) is 35.0 Å². The van der Waals surface area contributed by atoms with E-state index in [9.17, 15) is 23.9 Å². The van der Waals surface area contributed by atoms with Crippen LogP contribution in [0.15, 0.2) is 48.5 Å². The van der Waals surface area contributed by atoms with E-state index in [0.29, 0.717) is 16.1 Å². The molecule has 28 heavy (non-hydrogen) atoms. The molecule has 2 atom stereocenters. The van der Waals surface area contributed by atoms with Gasteiger partial charge in [-0.1, -0.05) is 35.9 Å². The number of carboxylic acid groups (broad SMARTS) is 1. The van der Waals surface area contributed by atoms with Gasteiger partial charge in [0.15, 0.2) is 0 Å². The Hall–Kier alpha value is -2.93. The van der Waals surface area contributed by atoms with Gasteiger partial charge in [-0.25, -0.2) is 9.18 Å². The van der Waals surface area contributed by atoms with Gasteiger partial charge in [0.2, 0.25) is 11.8 Å². The maximum absolute atomic E-state index is 13.4. The minimum Gasteiger partial charge on any atom is -0.480 e. The third-order valence-corrected chi connectivity index (χ3v) is 4.20. The Morgan fingerprint density at radius 2 is 1.61 bits per heavy atom. The van der Waals surface area contributed by atoms with Crippen LogP contribution < -0.4 is 10.6 Å². The van der Waals surface area contributed by atoms with Crippen LogP contribution in [0.2, 0.25) is 5.02 Å². The van der Waals surface area contributed by atoms with Crippen LogP contribution in [-0.2, 0) is 27.2 Å².